The number of benzene rings is 2. The van der Waals surface area contributed by atoms with Gasteiger partial charge < -0.3 is 4.74 Å². The molecule has 0 aliphatic rings. The molecule has 128 valence electrons. The van der Waals surface area contributed by atoms with Crippen LogP contribution in [0.5, 0.6) is 5.75 Å². The SMILES string of the molecule is Cc1ccc(OC(=O)c2cc(S(=O)(=O)N(C)C)ccc2F)cc1C. The first kappa shape index (κ1) is 18.1. The van der Waals surface area contributed by atoms with Crippen molar-refractivity contribution in [2.75, 3.05) is 14.1 Å². The molecule has 5 nitrogen and oxygen atoms in total. The summed E-state index contributed by atoms with van der Waals surface area (Å²) in [6, 6.07) is 8.06. The Morgan fingerprint density at radius 2 is 1.71 bits per heavy atom. The van der Waals surface area contributed by atoms with Crippen LogP contribution in [0.1, 0.15) is 21.5 Å². The van der Waals surface area contributed by atoms with Crippen LogP contribution in [0.25, 0.3) is 0 Å². The summed E-state index contributed by atoms with van der Waals surface area (Å²) >= 11 is 0. The highest BCUT2D eigenvalue weighted by molar-refractivity contribution is 7.89. The third-order valence-electron chi connectivity index (χ3n) is 3.63. The third kappa shape index (κ3) is 3.63. The van der Waals surface area contributed by atoms with Gasteiger partial charge in [-0.25, -0.2) is 21.9 Å². The van der Waals surface area contributed by atoms with Gasteiger partial charge in [-0.3, -0.25) is 0 Å². The number of aryl methyl sites for hydroxylation is 2. The lowest BCUT2D eigenvalue weighted by Gasteiger charge is -2.13. The summed E-state index contributed by atoms with van der Waals surface area (Å²) < 4.78 is 44.3. The van der Waals surface area contributed by atoms with Gasteiger partial charge in [0.05, 0.1) is 10.5 Å². The molecule has 0 saturated carbocycles. The van der Waals surface area contributed by atoms with Gasteiger partial charge >= 0.3 is 5.97 Å². The van der Waals surface area contributed by atoms with Crippen LogP contribution in [-0.2, 0) is 10.0 Å². The Bertz CT molecular complexity index is 891. The molecule has 24 heavy (non-hydrogen) atoms. The number of nitrogens with zero attached hydrogens (tertiary/aromatic N) is 1. The minimum atomic E-state index is -3.78. The Balaban J connectivity index is 2.37. The highest BCUT2D eigenvalue weighted by Gasteiger charge is 2.22. The van der Waals surface area contributed by atoms with E-state index in [0.717, 1.165) is 33.6 Å². The van der Waals surface area contributed by atoms with Crippen molar-refractivity contribution < 1.29 is 22.3 Å². The summed E-state index contributed by atoms with van der Waals surface area (Å²) in [4.78, 5) is 12.0. The van der Waals surface area contributed by atoms with Crippen molar-refractivity contribution in [3.8, 4) is 5.75 Å². The van der Waals surface area contributed by atoms with Crippen LogP contribution >= 0.6 is 0 Å². The van der Waals surface area contributed by atoms with Crippen molar-refractivity contribution in [3.05, 3.63) is 58.9 Å². The van der Waals surface area contributed by atoms with Crippen LogP contribution in [0.4, 0.5) is 4.39 Å². The first-order valence-electron chi connectivity index (χ1n) is 7.14. The number of ether oxygens (including phenoxy) is 1. The fourth-order valence-electron chi connectivity index (χ4n) is 1.97. The zero-order valence-corrected chi connectivity index (χ0v) is 14.6. The number of carbonyl (C=O) groups is 1. The summed E-state index contributed by atoms with van der Waals surface area (Å²) in [5.74, 6) is -1.53. The van der Waals surface area contributed by atoms with Gasteiger partial charge in [0.15, 0.2) is 0 Å². The fourth-order valence-corrected chi connectivity index (χ4v) is 2.90. The van der Waals surface area contributed by atoms with Gasteiger partial charge in [0, 0.05) is 14.1 Å². The third-order valence-corrected chi connectivity index (χ3v) is 5.44. The lowest BCUT2D eigenvalue weighted by Crippen LogP contribution is -2.23. The molecule has 0 aliphatic heterocycles. The van der Waals surface area contributed by atoms with Crippen LogP contribution in [0.2, 0.25) is 0 Å². The smallest absolute Gasteiger partial charge is 0.346 e. The van der Waals surface area contributed by atoms with Crippen LogP contribution < -0.4 is 4.74 Å². The van der Waals surface area contributed by atoms with E-state index >= 15 is 0 Å². The van der Waals surface area contributed by atoms with E-state index < -0.39 is 27.4 Å². The summed E-state index contributed by atoms with van der Waals surface area (Å²) in [6.45, 7) is 3.77. The van der Waals surface area contributed by atoms with Crippen molar-refractivity contribution in [2.24, 2.45) is 0 Å². The number of rotatable bonds is 4. The van der Waals surface area contributed by atoms with E-state index in [1.165, 1.54) is 14.1 Å². The molecule has 0 fully saturated rings. The van der Waals surface area contributed by atoms with E-state index in [9.17, 15) is 17.6 Å². The maximum atomic E-state index is 13.9. The largest absolute Gasteiger partial charge is 0.423 e. The highest BCUT2D eigenvalue weighted by Crippen LogP contribution is 2.21. The van der Waals surface area contributed by atoms with E-state index in [-0.39, 0.29) is 10.6 Å². The van der Waals surface area contributed by atoms with E-state index in [4.69, 9.17) is 4.74 Å². The monoisotopic (exact) mass is 351 g/mol. The molecule has 0 bridgehead atoms. The molecule has 0 spiro atoms. The first-order valence-corrected chi connectivity index (χ1v) is 8.58. The lowest BCUT2D eigenvalue weighted by molar-refractivity contribution is 0.0729. The number of halogens is 1. The molecule has 0 aromatic heterocycles. The molecule has 2 aromatic carbocycles. The van der Waals surface area contributed by atoms with E-state index in [1.807, 2.05) is 13.8 Å². The van der Waals surface area contributed by atoms with E-state index in [0.29, 0.717) is 0 Å². The Morgan fingerprint density at radius 1 is 1.04 bits per heavy atom. The summed E-state index contributed by atoms with van der Waals surface area (Å²) in [5, 5.41) is 0. The maximum Gasteiger partial charge on any atom is 0.346 e. The Labute approximate surface area is 140 Å². The second-order valence-electron chi connectivity index (χ2n) is 5.56. The minimum absolute atomic E-state index is 0.180. The van der Waals surface area contributed by atoms with Gasteiger partial charge in [-0.05, 0) is 55.3 Å². The molecule has 0 radical (unpaired) electrons. The standard InChI is InChI=1S/C17H18FNO4S/c1-11-5-6-13(9-12(11)2)23-17(20)15-10-14(7-8-16(15)18)24(21,22)19(3)4/h5-10H,1-4H3. The van der Waals surface area contributed by atoms with Crippen molar-refractivity contribution in [3.63, 3.8) is 0 Å². The predicted octanol–water partition coefficient (Wildman–Crippen LogP) is 2.91. The number of carbonyl (C=O) groups excluding carboxylic acids is 1. The zero-order valence-electron chi connectivity index (χ0n) is 13.8. The fraction of sp³-hybridized carbons (Fsp3) is 0.235. The molecule has 0 aliphatic carbocycles. The molecule has 2 aromatic rings. The lowest BCUT2D eigenvalue weighted by atomic mass is 10.1. The minimum Gasteiger partial charge on any atom is -0.423 e. The van der Waals surface area contributed by atoms with Crippen LogP contribution in [0.15, 0.2) is 41.3 Å². The molecule has 0 saturated heterocycles. The number of esters is 1. The summed E-state index contributed by atoms with van der Waals surface area (Å²) in [7, 11) is -1.07. The average molecular weight is 351 g/mol. The number of hydrogen-bond donors (Lipinski definition) is 0. The topological polar surface area (TPSA) is 63.7 Å². The highest BCUT2D eigenvalue weighted by atomic mass is 32.2. The van der Waals surface area contributed by atoms with Crippen molar-refractivity contribution in [1.82, 2.24) is 4.31 Å². The van der Waals surface area contributed by atoms with E-state index in [1.54, 1.807) is 18.2 Å². The first-order chi connectivity index (χ1) is 11.1. The number of sulfonamides is 1. The molecular weight excluding hydrogens is 333 g/mol. The van der Waals surface area contributed by atoms with Gasteiger partial charge in [0.2, 0.25) is 10.0 Å². The van der Waals surface area contributed by atoms with Crippen LogP contribution in [0, 0.1) is 19.7 Å². The molecule has 0 heterocycles. The van der Waals surface area contributed by atoms with Crippen LogP contribution in [-0.4, -0.2) is 32.8 Å². The van der Waals surface area contributed by atoms with Crippen molar-refractivity contribution in [2.45, 2.75) is 18.7 Å². The van der Waals surface area contributed by atoms with Crippen LogP contribution in [0.3, 0.4) is 0 Å². The molecule has 0 N–H and O–H groups in total. The summed E-state index contributed by atoms with van der Waals surface area (Å²) in [5.41, 5.74) is 1.51. The van der Waals surface area contributed by atoms with Gasteiger partial charge in [-0.2, -0.15) is 0 Å². The van der Waals surface area contributed by atoms with Crippen molar-refractivity contribution >= 4 is 16.0 Å². The van der Waals surface area contributed by atoms with Gasteiger partial charge in [-0.15, -0.1) is 0 Å². The molecule has 0 unspecified atom stereocenters. The average Bonchev–Trinajstić information content (AvgIpc) is 2.51. The second kappa shape index (κ2) is 6.70. The predicted molar refractivity (Wildman–Crippen MR) is 88.1 cm³/mol. The molecule has 7 heteroatoms. The second-order valence-corrected chi connectivity index (χ2v) is 7.72. The normalized spacial score (nSPS) is 11.6. The quantitative estimate of drug-likeness (QED) is 0.628. The Kier molecular flexibility index (Phi) is 5.05. The summed E-state index contributed by atoms with van der Waals surface area (Å²) in [6.07, 6.45) is 0. The molecule has 0 atom stereocenters. The Hall–Kier alpha value is -2.25. The van der Waals surface area contributed by atoms with Gasteiger partial charge in [0.1, 0.15) is 11.6 Å². The molecular formula is C17H18FNO4S. The van der Waals surface area contributed by atoms with E-state index in [2.05, 4.69) is 0 Å². The number of hydrogen-bond acceptors (Lipinski definition) is 4. The Morgan fingerprint density at radius 3 is 2.29 bits per heavy atom. The van der Waals surface area contributed by atoms with Gasteiger partial charge in [-0.1, -0.05) is 6.07 Å². The maximum absolute atomic E-state index is 13.9. The molecule has 2 rings (SSSR count). The molecule has 0 amide bonds. The van der Waals surface area contributed by atoms with Gasteiger partial charge in [0.25, 0.3) is 0 Å². The van der Waals surface area contributed by atoms with Crippen molar-refractivity contribution in [1.29, 1.82) is 0 Å². The zero-order chi connectivity index (χ0) is 18.1.